The normalized spacial score (nSPS) is 10.8. The van der Waals surface area contributed by atoms with Crippen molar-refractivity contribution in [3.05, 3.63) is 75.0 Å². The predicted octanol–water partition coefficient (Wildman–Crippen LogP) is 3.91. The van der Waals surface area contributed by atoms with Crippen LogP contribution in [0.4, 0.5) is 5.69 Å². The predicted molar refractivity (Wildman–Crippen MR) is 97.8 cm³/mol. The minimum atomic E-state index is -0.257. The molecule has 3 aromatic rings. The van der Waals surface area contributed by atoms with E-state index in [0.717, 1.165) is 22.0 Å². The standard InChI is InChI=1S/C19H17ClN2O2/c1-12-4-3-5-16-13(2)10-18(24)22(19(12)16)11-17(23)21-15-8-6-14(20)7-9-15/h3-10H,11H2,1-2H3,(H,21,23). The monoisotopic (exact) mass is 340 g/mol. The molecule has 1 heterocycles. The average Bonchev–Trinajstić information content (AvgIpc) is 2.54. The molecular formula is C19H17ClN2O2. The van der Waals surface area contributed by atoms with Crippen molar-refractivity contribution in [1.82, 2.24) is 4.57 Å². The topological polar surface area (TPSA) is 51.1 Å². The number of aromatic nitrogens is 1. The maximum atomic E-state index is 12.4. The lowest BCUT2D eigenvalue weighted by atomic mass is 10.1. The molecule has 0 bridgehead atoms. The van der Waals surface area contributed by atoms with E-state index < -0.39 is 0 Å². The Labute approximate surface area is 144 Å². The summed E-state index contributed by atoms with van der Waals surface area (Å²) in [4.78, 5) is 24.8. The number of rotatable bonds is 3. The number of fused-ring (bicyclic) bond motifs is 1. The summed E-state index contributed by atoms with van der Waals surface area (Å²) in [6, 6.07) is 14.3. The van der Waals surface area contributed by atoms with Crippen LogP contribution in [0.5, 0.6) is 0 Å². The van der Waals surface area contributed by atoms with E-state index in [1.807, 2.05) is 32.0 Å². The minimum absolute atomic E-state index is 0.0386. The van der Waals surface area contributed by atoms with Crippen molar-refractivity contribution in [3.63, 3.8) is 0 Å². The first kappa shape index (κ1) is 16.3. The van der Waals surface area contributed by atoms with Gasteiger partial charge in [-0.15, -0.1) is 0 Å². The highest BCUT2D eigenvalue weighted by atomic mass is 35.5. The molecule has 0 saturated heterocycles. The number of nitrogens with one attached hydrogen (secondary N) is 1. The van der Waals surface area contributed by atoms with E-state index in [-0.39, 0.29) is 18.0 Å². The number of nitrogens with zero attached hydrogens (tertiary/aromatic N) is 1. The van der Waals surface area contributed by atoms with Crippen LogP contribution in [0.15, 0.2) is 53.3 Å². The first-order valence-electron chi connectivity index (χ1n) is 7.61. The second kappa shape index (κ2) is 6.49. The van der Waals surface area contributed by atoms with Crippen LogP contribution in [0.25, 0.3) is 10.9 Å². The van der Waals surface area contributed by atoms with Gasteiger partial charge in [0, 0.05) is 22.2 Å². The first-order chi connectivity index (χ1) is 11.5. The summed E-state index contributed by atoms with van der Waals surface area (Å²) in [7, 11) is 0. The van der Waals surface area contributed by atoms with E-state index in [4.69, 9.17) is 11.6 Å². The zero-order chi connectivity index (χ0) is 17.3. The third kappa shape index (κ3) is 3.19. The van der Waals surface area contributed by atoms with Gasteiger partial charge in [-0.1, -0.05) is 29.8 Å². The van der Waals surface area contributed by atoms with Crippen molar-refractivity contribution < 1.29 is 4.79 Å². The summed E-state index contributed by atoms with van der Waals surface area (Å²) in [6.45, 7) is 3.80. The number of pyridine rings is 1. The third-order valence-electron chi connectivity index (χ3n) is 3.97. The lowest BCUT2D eigenvalue weighted by Crippen LogP contribution is -2.28. The number of anilines is 1. The van der Waals surface area contributed by atoms with Crippen molar-refractivity contribution in [3.8, 4) is 0 Å². The van der Waals surface area contributed by atoms with Crippen LogP contribution in [0.1, 0.15) is 11.1 Å². The Hall–Kier alpha value is -2.59. The molecule has 0 aliphatic rings. The summed E-state index contributed by atoms with van der Waals surface area (Å²) in [5.74, 6) is -0.257. The van der Waals surface area contributed by atoms with Gasteiger partial charge in [0.1, 0.15) is 6.54 Å². The van der Waals surface area contributed by atoms with Crippen molar-refractivity contribution in [1.29, 1.82) is 0 Å². The molecule has 1 N–H and O–H groups in total. The molecule has 0 radical (unpaired) electrons. The number of amides is 1. The van der Waals surface area contributed by atoms with E-state index in [1.54, 1.807) is 30.3 Å². The fourth-order valence-corrected chi connectivity index (χ4v) is 2.95. The van der Waals surface area contributed by atoms with Crippen molar-refractivity contribution in [2.24, 2.45) is 0 Å². The van der Waals surface area contributed by atoms with Crippen molar-refractivity contribution >= 4 is 34.1 Å². The average molecular weight is 341 g/mol. The summed E-state index contributed by atoms with van der Waals surface area (Å²) in [5.41, 5.74) is 3.14. The molecule has 0 saturated carbocycles. The van der Waals surface area contributed by atoms with Crippen LogP contribution >= 0.6 is 11.6 Å². The fourth-order valence-electron chi connectivity index (χ4n) is 2.82. The van der Waals surface area contributed by atoms with Gasteiger partial charge in [0.05, 0.1) is 5.52 Å². The molecule has 2 aromatic carbocycles. The van der Waals surface area contributed by atoms with E-state index >= 15 is 0 Å². The Bertz CT molecular complexity index is 975. The molecule has 0 atom stereocenters. The summed E-state index contributed by atoms with van der Waals surface area (Å²) >= 11 is 5.84. The number of benzene rings is 2. The number of carbonyl (C=O) groups excluding carboxylic acids is 1. The zero-order valence-corrected chi connectivity index (χ0v) is 14.2. The molecular weight excluding hydrogens is 324 g/mol. The van der Waals surface area contributed by atoms with Crippen LogP contribution in [-0.4, -0.2) is 10.5 Å². The van der Waals surface area contributed by atoms with Gasteiger partial charge >= 0.3 is 0 Å². The number of hydrogen-bond donors (Lipinski definition) is 1. The SMILES string of the molecule is Cc1cc(=O)n(CC(=O)Nc2ccc(Cl)cc2)c2c(C)cccc12. The molecule has 24 heavy (non-hydrogen) atoms. The largest absolute Gasteiger partial charge is 0.325 e. The third-order valence-corrected chi connectivity index (χ3v) is 4.22. The number of aryl methyl sites for hydroxylation is 2. The molecule has 0 spiro atoms. The maximum Gasteiger partial charge on any atom is 0.251 e. The molecule has 1 aromatic heterocycles. The zero-order valence-electron chi connectivity index (χ0n) is 13.5. The molecule has 3 rings (SSSR count). The molecule has 0 fully saturated rings. The Morgan fingerprint density at radius 3 is 2.50 bits per heavy atom. The van der Waals surface area contributed by atoms with Gasteiger partial charge in [0.15, 0.2) is 0 Å². The minimum Gasteiger partial charge on any atom is -0.325 e. The van der Waals surface area contributed by atoms with E-state index in [1.165, 1.54) is 4.57 Å². The molecule has 122 valence electrons. The van der Waals surface area contributed by atoms with Gasteiger partial charge in [0.2, 0.25) is 5.91 Å². The lowest BCUT2D eigenvalue weighted by molar-refractivity contribution is -0.116. The van der Waals surface area contributed by atoms with Gasteiger partial charge in [0.25, 0.3) is 5.56 Å². The Kier molecular flexibility index (Phi) is 4.40. The first-order valence-corrected chi connectivity index (χ1v) is 7.98. The van der Waals surface area contributed by atoms with Crippen molar-refractivity contribution in [2.45, 2.75) is 20.4 Å². The highest BCUT2D eigenvalue weighted by Gasteiger charge is 2.12. The van der Waals surface area contributed by atoms with Gasteiger partial charge in [-0.05, 0) is 49.2 Å². The lowest BCUT2D eigenvalue weighted by Gasteiger charge is -2.14. The van der Waals surface area contributed by atoms with Crippen LogP contribution < -0.4 is 10.9 Å². The highest BCUT2D eigenvalue weighted by molar-refractivity contribution is 6.30. The van der Waals surface area contributed by atoms with Gasteiger partial charge in [-0.3, -0.25) is 14.2 Å². The Morgan fingerprint density at radius 1 is 1.08 bits per heavy atom. The molecule has 0 unspecified atom stereocenters. The Morgan fingerprint density at radius 2 is 1.79 bits per heavy atom. The quantitative estimate of drug-likeness (QED) is 0.786. The molecule has 5 heteroatoms. The summed E-state index contributed by atoms with van der Waals surface area (Å²) in [6.07, 6.45) is 0. The molecule has 1 amide bonds. The molecule has 0 aliphatic heterocycles. The van der Waals surface area contributed by atoms with E-state index in [9.17, 15) is 9.59 Å². The number of para-hydroxylation sites is 1. The summed E-state index contributed by atoms with van der Waals surface area (Å²) < 4.78 is 1.52. The van der Waals surface area contributed by atoms with Crippen LogP contribution in [0.3, 0.4) is 0 Å². The number of halogens is 1. The van der Waals surface area contributed by atoms with Crippen molar-refractivity contribution in [2.75, 3.05) is 5.32 Å². The second-order valence-corrected chi connectivity index (χ2v) is 6.21. The van der Waals surface area contributed by atoms with E-state index in [0.29, 0.717) is 10.7 Å². The highest BCUT2D eigenvalue weighted by Crippen LogP contribution is 2.20. The second-order valence-electron chi connectivity index (χ2n) is 5.78. The van der Waals surface area contributed by atoms with Crippen LogP contribution in [0, 0.1) is 13.8 Å². The fraction of sp³-hybridized carbons (Fsp3) is 0.158. The van der Waals surface area contributed by atoms with E-state index in [2.05, 4.69) is 5.32 Å². The number of carbonyl (C=O) groups is 1. The molecule has 0 aliphatic carbocycles. The number of hydrogen-bond acceptors (Lipinski definition) is 2. The maximum absolute atomic E-state index is 12.4. The van der Waals surface area contributed by atoms with Crippen LogP contribution in [-0.2, 0) is 11.3 Å². The van der Waals surface area contributed by atoms with Gasteiger partial charge in [-0.25, -0.2) is 0 Å². The van der Waals surface area contributed by atoms with Crippen LogP contribution in [0.2, 0.25) is 5.02 Å². The summed E-state index contributed by atoms with van der Waals surface area (Å²) in [5, 5.41) is 4.37. The van der Waals surface area contributed by atoms with Gasteiger partial charge in [-0.2, -0.15) is 0 Å². The smallest absolute Gasteiger partial charge is 0.251 e. The van der Waals surface area contributed by atoms with Gasteiger partial charge < -0.3 is 5.32 Å². The molecule has 4 nitrogen and oxygen atoms in total. The Balaban J connectivity index is 1.96.